The van der Waals surface area contributed by atoms with Crippen LogP contribution >= 0.6 is 11.6 Å². The predicted molar refractivity (Wildman–Crippen MR) is 89.9 cm³/mol. The molecule has 0 bridgehead atoms. The zero-order valence-electron chi connectivity index (χ0n) is 12.6. The fraction of sp³-hybridized carbons (Fsp3) is 0.105. The summed E-state index contributed by atoms with van der Waals surface area (Å²) in [4.78, 5) is 12.1. The molecule has 0 atom stereocenters. The fourth-order valence-corrected chi connectivity index (χ4v) is 2.29. The number of rotatable bonds is 4. The monoisotopic (exact) mass is 326 g/mol. The minimum atomic E-state index is -0.519. The first kappa shape index (κ1) is 15.4. The lowest BCUT2D eigenvalue weighted by atomic mass is 10.2. The van der Waals surface area contributed by atoms with Gasteiger partial charge in [0.2, 0.25) is 5.76 Å². The number of halogens is 1. The van der Waals surface area contributed by atoms with Crippen LogP contribution in [0, 0.1) is 0 Å². The Morgan fingerprint density at radius 3 is 2.35 bits per heavy atom. The van der Waals surface area contributed by atoms with Crippen molar-refractivity contribution in [3.8, 4) is 17.1 Å². The molecule has 116 valence electrons. The van der Waals surface area contributed by atoms with Crippen LogP contribution in [0.5, 0.6) is 5.75 Å². The molecule has 0 saturated carbocycles. The Morgan fingerprint density at radius 2 is 1.70 bits per heavy atom. The van der Waals surface area contributed by atoms with Crippen LogP contribution in [0.2, 0.25) is 5.02 Å². The van der Waals surface area contributed by atoms with E-state index in [0.29, 0.717) is 16.5 Å². The number of hydrogen-bond acceptors (Lipinski definition) is 3. The van der Waals surface area contributed by atoms with Crippen LogP contribution in [-0.2, 0) is 6.42 Å². The van der Waals surface area contributed by atoms with E-state index in [0.717, 1.165) is 12.0 Å². The van der Waals surface area contributed by atoms with Gasteiger partial charge in [-0.15, -0.1) is 0 Å². The Bertz CT molecular complexity index is 801. The molecule has 0 amide bonds. The third kappa shape index (κ3) is 3.63. The van der Waals surface area contributed by atoms with Gasteiger partial charge < -0.3 is 9.15 Å². The predicted octanol–water partition coefficient (Wildman–Crippen LogP) is 5.38. The summed E-state index contributed by atoms with van der Waals surface area (Å²) in [6.07, 6.45) is 0.941. The van der Waals surface area contributed by atoms with Gasteiger partial charge in [-0.1, -0.05) is 30.7 Å². The van der Waals surface area contributed by atoms with Gasteiger partial charge in [0.1, 0.15) is 11.5 Å². The SMILES string of the molecule is CCc1ccc(OC(=O)c2ccc(-c3ccc(Cl)cc3)o2)cc1. The highest BCUT2D eigenvalue weighted by Crippen LogP contribution is 2.24. The largest absolute Gasteiger partial charge is 0.449 e. The molecular weight excluding hydrogens is 312 g/mol. The number of benzene rings is 2. The lowest BCUT2D eigenvalue weighted by molar-refractivity contribution is 0.0702. The van der Waals surface area contributed by atoms with E-state index in [1.165, 1.54) is 5.56 Å². The lowest BCUT2D eigenvalue weighted by Gasteiger charge is -2.03. The first-order chi connectivity index (χ1) is 11.2. The summed E-state index contributed by atoms with van der Waals surface area (Å²) in [5.74, 6) is 0.732. The van der Waals surface area contributed by atoms with Crippen molar-refractivity contribution in [3.05, 3.63) is 77.0 Å². The zero-order chi connectivity index (χ0) is 16.2. The fourth-order valence-electron chi connectivity index (χ4n) is 2.17. The Morgan fingerprint density at radius 1 is 1.00 bits per heavy atom. The van der Waals surface area contributed by atoms with Crippen LogP contribution in [0.1, 0.15) is 23.0 Å². The summed E-state index contributed by atoms with van der Waals surface area (Å²) >= 11 is 5.86. The summed E-state index contributed by atoms with van der Waals surface area (Å²) in [7, 11) is 0. The van der Waals surface area contributed by atoms with Gasteiger partial charge in [0.25, 0.3) is 0 Å². The van der Waals surface area contributed by atoms with E-state index in [-0.39, 0.29) is 5.76 Å². The van der Waals surface area contributed by atoms with Crippen molar-refractivity contribution in [2.45, 2.75) is 13.3 Å². The Balaban J connectivity index is 1.74. The van der Waals surface area contributed by atoms with E-state index >= 15 is 0 Å². The number of esters is 1. The number of ether oxygens (including phenoxy) is 1. The first-order valence-electron chi connectivity index (χ1n) is 7.32. The minimum Gasteiger partial charge on any atom is -0.449 e. The van der Waals surface area contributed by atoms with Crippen molar-refractivity contribution in [3.63, 3.8) is 0 Å². The maximum atomic E-state index is 12.1. The van der Waals surface area contributed by atoms with Crippen molar-refractivity contribution >= 4 is 17.6 Å². The maximum Gasteiger partial charge on any atom is 0.379 e. The normalized spacial score (nSPS) is 10.5. The van der Waals surface area contributed by atoms with Crippen molar-refractivity contribution < 1.29 is 13.9 Å². The van der Waals surface area contributed by atoms with Crippen LogP contribution < -0.4 is 4.74 Å². The van der Waals surface area contributed by atoms with E-state index in [1.54, 1.807) is 36.4 Å². The Kier molecular flexibility index (Phi) is 4.49. The lowest BCUT2D eigenvalue weighted by Crippen LogP contribution is -2.07. The van der Waals surface area contributed by atoms with Crippen molar-refractivity contribution in [1.82, 2.24) is 0 Å². The van der Waals surface area contributed by atoms with Gasteiger partial charge in [-0.3, -0.25) is 0 Å². The van der Waals surface area contributed by atoms with Crippen LogP contribution in [0.25, 0.3) is 11.3 Å². The molecule has 3 rings (SSSR count). The molecule has 1 heterocycles. The van der Waals surface area contributed by atoms with Gasteiger partial charge in [0.05, 0.1) is 0 Å². The van der Waals surface area contributed by atoms with Gasteiger partial charge in [-0.25, -0.2) is 4.79 Å². The number of furan rings is 1. The summed E-state index contributed by atoms with van der Waals surface area (Å²) in [6.45, 7) is 2.07. The van der Waals surface area contributed by atoms with Crippen molar-refractivity contribution in [2.75, 3.05) is 0 Å². The Labute approximate surface area is 139 Å². The second-order valence-corrected chi connectivity index (χ2v) is 5.49. The first-order valence-corrected chi connectivity index (χ1v) is 7.70. The molecule has 0 spiro atoms. The average Bonchev–Trinajstić information content (AvgIpc) is 3.06. The zero-order valence-corrected chi connectivity index (χ0v) is 13.3. The molecule has 3 aromatic rings. The molecule has 0 radical (unpaired) electrons. The Hall–Kier alpha value is -2.52. The van der Waals surface area contributed by atoms with Crippen LogP contribution in [0.15, 0.2) is 65.1 Å². The van der Waals surface area contributed by atoms with E-state index in [9.17, 15) is 4.79 Å². The van der Waals surface area contributed by atoms with Gasteiger partial charge in [-0.2, -0.15) is 0 Å². The molecular formula is C19H15ClO3. The second-order valence-electron chi connectivity index (χ2n) is 5.06. The number of hydrogen-bond donors (Lipinski definition) is 0. The third-order valence-corrected chi connectivity index (χ3v) is 3.73. The van der Waals surface area contributed by atoms with Gasteiger partial charge >= 0.3 is 5.97 Å². The average molecular weight is 327 g/mol. The molecule has 0 N–H and O–H groups in total. The molecule has 0 unspecified atom stereocenters. The molecule has 0 fully saturated rings. The van der Waals surface area contributed by atoms with E-state index in [1.807, 2.05) is 24.3 Å². The molecule has 0 aliphatic rings. The molecule has 23 heavy (non-hydrogen) atoms. The third-order valence-electron chi connectivity index (χ3n) is 3.48. The highest BCUT2D eigenvalue weighted by molar-refractivity contribution is 6.30. The quantitative estimate of drug-likeness (QED) is 0.477. The maximum absolute atomic E-state index is 12.1. The van der Waals surface area contributed by atoms with Gasteiger partial charge in [-0.05, 0) is 60.5 Å². The molecule has 0 aliphatic heterocycles. The minimum absolute atomic E-state index is 0.162. The van der Waals surface area contributed by atoms with Crippen LogP contribution in [0.3, 0.4) is 0 Å². The van der Waals surface area contributed by atoms with Crippen molar-refractivity contribution in [2.24, 2.45) is 0 Å². The highest BCUT2D eigenvalue weighted by atomic mass is 35.5. The summed E-state index contributed by atoms with van der Waals surface area (Å²) in [6, 6.07) is 18.0. The van der Waals surface area contributed by atoms with Crippen molar-refractivity contribution in [1.29, 1.82) is 0 Å². The van der Waals surface area contributed by atoms with Crippen LogP contribution in [-0.4, -0.2) is 5.97 Å². The molecule has 3 nitrogen and oxygen atoms in total. The number of carbonyl (C=O) groups is 1. The molecule has 4 heteroatoms. The van der Waals surface area contributed by atoms with E-state index in [2.05, 4.69) is 6.92 Å². The number of carbonyl (C=O) groups excluding carboxylic acids is 1. The summed E-state index contributed by atoms with van der Waals surface area (Å²) in [5.41, 5.74) is 2.04. The van der Waals surface area contributed by atoms with Gasteiger partial charge in [0.15, 0.2) is 0 Å². The smallest absolute Gasteiger partial charge is 0.379 e. The van der Waals surface area contributed by atoms with Gasteiger partial charge in [0, 0.05) is 10.6 Å². The topological polar surface area (TPSA) is 39.4 Å². The summed E-state index contributed by atoms with van der Waals surface area (Å²) in [5, 5.41) is 0.649. The molecule has 2 aromatic carbocycles. The van der Waals surface area contributed by atoms with Crippen LogP contribution in [0.4, 0.5) is 0 Å². The standard InChI is InChI=1S/C19H15ClO3/c1-2-13-3-9-16(10-4-13)22-19(21)18-12-11-17(23-18)14-5-7-15(20)8-6-14/h3-12H,2H2,1H3. The second kappa shape index (κ2) is 6.71. The molecule has 0 saturated heterocycles. The molecule has 0 aliphatic carbocycles. The summed E-state index contributed by atoms with van der Waals surface area (Å²) < 4.78 is 10.9. The number of aryl methyl sites for hydroxylation is 1. The van der Waals surface area contributed by atoms with E-state index in [4.69, 9.17) is 20.8 Å². The molecule has 1 aromatic heterocycles. The van der Waals surface area contributed by atoms with E-state index < -0.39 is 5.97 Å². The highest BCUT2D eigenvalue weighted by Gasteiger charge is 2.14.